The molecule has 0 aliphatic rings. The molecule has 128 valence electrons. The molecule has 0 spiro atoms. The molecular formula is C18H17ClN4O2. The van der Waals surface area contributed by atoms with Gasteiger partial charge in [-0.15, -0.1) is 0 Å². The second-order valence-electron chi connectivity index (χ2n) is 5.06. The smallest absolute Gasteiger partial charge is 0.229 e. The first-order valence-corrected chi connectivity index (χ1v) is 7.91. The average molecular weight is 357 g/mol. The van der Waals surface area contributed by atoms with E-state index in [9.17, 15) is 0 Å². The van der Waals surface area contributed by atoms with Crippen LogP contribution in [-0.4, -0.2) is 24.2 Å². The van der Waals surface area contributed by atoms with Crippen molar-refractivity contribution in [3.63, 3.8) is 0 Å². The maximum absolute atomic E-state index is 6.16. The lowest BCUT2D eigenvalue weighted by Gasteiger charge is -2.12. The van der Waals surface area contributed by atoms with Crippen LogP contribution in [0, 0.1) is 0 Å². The van der Waals surface area contributed by atoms with Gasteiger partial charge in [-0.25, -0.2) is 4.98 Å². The zero-order valence-electron chi connectivity index (χ0n) is 13.8. The van der Waals surface area contributed by atoms with Gasteiger partial charge in [0.25, 0.3) is 0 Å². The van der Waals surface area contributed by atoms with Crippen LogP contribution in [0.25, 0.3) is 0 Å². The number of ether oxygens (including phenoxy) is 2. The summed E-state index contributed by atoms with van der Waals surface area (Å²) < 4.78 is 10.6. The van der Waals surface area contributed by atoms with E-state index in [0.717, 1.165) is 5.69 Å². The molecule has 0 unspecified atom stereocenters. The summed E-state index contributed by atoms with van der Waals surface area (Å²) in [6.45, 7) is 0. The van der Waals surface area contributed by atoms with Crippen molar-refractivity contribution >= 4 is 34.7 Å². The van der Waals surface area contributed by atoms with Gasteiger partial charge in [0.1, 0.15) is 17.3 Å². The number of hydrogen-bond donors (Lipinski definition) is 2. The van der Waals surface area contributed by atoms with Crippen molar-refractivity contribution in [3.8, 4) is 11.5 Å². The highest BCUT2D eigenvalue weighted by Crippen LogP contribution is 2.31. The van der Waals surface area contributed by atoms with Crippen molar-refractivity contribution in [1.82, 2.24) is 9.97 Å². The minimum Gasteiger partial charge on any atom is -0.497 e. The van der Waals surface area contributed by atoms with Crippen LogP contribution in [0.3, 0.4) is 0 Å². The van der Waals surface area contributed by atoms with Gasteiger partial charge < -0.3 is 20.1 Å². The number of methoxy groups -OCH3 is 2. The Morgan fingerprint density at radius 1 is 0.920 bits per heavy atom. The molecule has 0 atom stereocenters. The van der Waals surface area contributed by atoms with Crippen LogP contribution < -0.4 is 20.1 Å². The molecule has 0 radical (unpaired) electrons. The summed E-state index contributed by atoms with van der Waals surface area (Å²) in [6.07, 6.45) is 1.65. The lowest BCUT2D eigenvalue weighted by atomic mass is 10.2. The lowest BCUT2D eigenvalue weighted by molar-refractivity contribution is 0.405. The van der Waals surface area contributed by atoms with Crippen molar-refractivity contribution in [2.24, 2.45) is 0 Å². The summed E-state index contributed by atoms with van der Waals surface area (Å²) in [4.78, 5) is 8.69. The van der Waals surface area contributed by atoms with E-state index in [1.807, 2.05) is 42.5 Å². The fourth-order valence-electron chi connectivity index (χ4n) is 2.22. The molecule has 0 aliphatic heterocycles. The number of nitrogens with one attached hydrogen (secondary N) is 2. The molecule has 25 heavy (non-hydrogen) atoms. The second kappa shape index (κ2) is 7.72. The van der Waals surface area contributed by atoms with Gasteiger partial charge in [0.05, 0.1) is 30.6 Å². The average Bonchev–Trinajstić information content (AvgIpc) is 2.64. The summed E-state index contributed by atoms with van der Waals surface area (Å²) in [5, 5.41) is 6.93. The third-order valence-electron chi connectivity index (χ3n) is 3.45. The number of para-hydroxylation sites is 1. The van der Waals surface area contributed by atoms with Gasteiger partial charge >= 0.3 is 0 Å². The van der Waals surface area contributed by atoms with Gasteiger partial charge in [0.15, 0.2) is 0 Å². The van der Waals surface area contributed by atoms with Crippen LogP contribution in [0.15, 0.2) is 54.7 Å². The first kappa shape index (κ1) is 16.9. The molecule has 1 aromatic heterocycles. The Balaban J connectivity index is 1.84. The number of anilines is 4. The normalized spacial score (nSPS) is 10.2. The number of benzene rings is 2. The summed E-state index contributed by atoms with van der Waals surface area (Å²) in [5.74, 6) is 2.40. The van der Waals surface area contributed by atoms with Gasteiger partial charge in [-0.2, -0.15) is 4.98 Å². The quantitative estimate of drug-likeness (QED) is 0.671. The number of rotatable bonds is 6. The van der Waals surface area contributed by atoms with Crippen LogP contribution in [-0.2, 0) is 0 Å². The third-order valence-corrected chi connectivity index (χ3v) is 3.77. The van der Waals surface area contributed by atoms with Crippen LogP contribution in [0.4, 0.5) is 23.1 Å². The molecule has 0 fully saturated rings. The Morgan fingerprint density at radius 3 is 2.52 bits per heavy atom. The summed E-state index contributed by atoms with van der Waals surface area (Å²) in [6, 6.07) is 14.7. The predicted molar refractivity (Wildman–Crippen MR) is 99.6 cm³/mol. The van der Waals surface area contributed by atoms with E-state index < -0.39 is 0 Å². The Labute approximate surface area is 150 Å². The number of hydrogen-bond acceptors (Lipinski definition) is 6. The number of nitrogens with zero attached hydrogens (tertiary/aromatic N) is 2. The van der Waals surface area contributed by atoms with Crippen molar-refractivity contribution in [3.05, 3.63) is 59.8 Å². The molecule has 2 N–H and O–H groups in total. The number of aromatic nitrogens is 2. The van der Waals surface area contributed by atoms with Crippen molar-refractivity contribution in [1.29, 1.82) is 0 Å². The highest BCUT2D eigenvalue weighted by atomic mass is 35.5. The molecule has 1 heterocycles. The first-order chi connectivity index (χ1) is 12.2. The van der Waals surface area contributed by atoms with Gasteiger partial charge in [0.2, 0.25) is 5.95 Å². The number of halogens is 1. The zero-order valence-corrected chi connectivity index (χ0v) is 14.5. The maximum atomic E-state index is 6.16. The molecule has 3 aromatic rings. The molecular weight excluding hydrogens is 340 g/mol. The standard InChI is InChI=1S/C18H17ClN4O2/c1-24-12-7-8-16(25-2)15(11-12)22-18-20-10-9-17(23-18)21-14-6-4-3-5-13(14)19/h3-11H,1-2H3,(H2,20,21,22,23). The van der Waals surface area contributed by atoms with Crippen LogP contribution in [0.2, 0.25) is 5.02 Å². The molecule has 0 bridgehead atoms. The molecule has 0 aliphatic carbocycles. The van der Waals surface area contributed by atoms with E-state index in [1.165, 1.54) is 0 Å². The Hall–Kier alpha value is -2.99. The van der Waals surface area contributed by atoms with Crippen molar-refractivity contribution < 1.29 is 9.47 Å². The monoisotopic (exact) mass is 356 g/mol. The second-order valence-corrected chi connectivity index (χ2v) is 5.47. The third kappa shape index (κ3) is 4.10. The Morgan fingerprint density at radius 2 is 1.76 bits per heavy atom. The SMILES string of the molecule is COc1ccc(OC)c(Nc2nccc(Nc3ccccc3Cl)n2)c1. The van der Waals surface area contributed by atoms with Crippen LogP contribution >= 0.6 is 11.6 Å². The maximum Gasteiger partial charge on any atom is 0.229 e. The lowest BCUT2D eigenvalue weighted by Crippen LogP contribution is -2.02. The largest absolute Gasteiger partial charge is 0.497 e. The minimum atomic E-state index is 0.420. The molecule has 7 heteroatoms. The van der Waals surface area contributed by atoms with E-state index in [2.05, 4.69) is 20.6 Å². The van der Waals surface area contributed by atoms with Crippen LogP contribution in [0.1, 0.15) is 0 Å². The van der Waals surface area contributed by atoms with Crippen molar-refractivity contribution in [2.45, 2.75) is 0 Å². The van der Waals surface area contributed by atoms with E-state index in [1.54, 1.807) is 26.5 Å². The molecule has 0 saturated heterocycles. The van der Waals surface area contributed by atoms with Crippen LogP contribution in [0.5, 0.6) is 11.5 Å². The fourth-order valence-corrected chi connectivity index (χ4v) is 2.40. The van der Waals surface area contributed by atoms with Gasteiger partial charge in [0, 0.05) is 12.3 Å². The van der Waals surface area contributed by atoms with E-state index in [0.29, 0.717) is 34.0 Å². The summed E-state index contributed by atoms with van der Waals surface area (Å²) >= 11 is 6.16. The molecule has 0 saturated carbocycles. The first-order valence-electron chi connectivity index (χ1n) is 7.53. The zero-order chi connectivity index (χ0) is 17.6. The Bertz CT molecular complexity index is 873. The van der Waals surface area contributed by atoms with E-state index in [-0.39, 0.29) is 0 Å². The van der Waals surface area contributed by atoms with Gasteiger partial charge in [-0.05, 0) is 30.3 Å². The van der Waals surface area contributed by atoms with E-state index >= 15 is 0 Å². The molecule has 2 aromatic carbocycles. The summed E-state index contributed by atoms with van der Waals surface area (Å²) in [7, 11) is 3.21. The highest BCUT2D eigenvalue weighted by Gasteiger charge is 2.08. The highest BCUT2D eigenvalue weighted by molar-refractivity contribution is 6.33. The summed E-state index contributed by atoms with van der Waals surface area (Å²) in [5.41, 5.74) is 1.48. The van der Waals surface area contributed by atoms with Crippen molar-refractivity contribution in [2.75, 3.05) is 24.9 Å². The Kier molecular flexibility index (Phi) is 5.20. The predicted octanol–water partition coefficient (Wildman–Crippen LogP) is 4.63. The molecule has 0 amide bonds. The van der Waals surface area contributed by atoms with E-state index in [4.69, 9.17) is 21.1 Å². The van der Waals surface area contributed by atoms with Gasteiger partial charge in [-0.1, -0.05) is 23.7 Å². The molecule has 6 nitrogen and oxygen atoms in total. The fraction of sp³-hybridized carbons (Fsp3) is 0.111. The topological polar surface area (TPSA) is 68.3 Å². The minimum absolute atomic E-state index is 0.420. The molecule has 3 rings (SSSR count). The van der Waals surface area contributed by atoms with Gasteiger partial charge in [-0.3, -0.25) is 0 Å².